The summed E-state index contributed by atoms with van der Waals surface area (Å²) in [6, 6.07) is 0. The van der Waals surface area contributed by atoms with Crippen LogP contribution in [0.2, 0.25) is 0 Å². The number of ether oxygens (including phenoxy) is 2. The number of hydrogen-bond donors (Lipinski definition) is 3. The van der Waals surface area contributed by atoms with Crippen molar-refractivity contribution < 1.29 is 43.0 Å². The number of allylic oxidation sites excluding steroid dienone is 8. The Balaban J connectivity index is 4.18. The van der Waals surface area contributed by atoms with Crippen molar-refractivity contribution in [3.05, 3.63) is 60.8 Å². The molecular formula is C36H61O9P. The zero-order valence-electron chi connectivity index (χ0n) is 28.3. The summed E-state index contributed by atoms with van der Waals surface area (Å²) >= 11 is 0. The summed E-state index contributed by atoms with van der Waals surface area (Å²) in [7, 11) is -4.77. The molecule has 0 spiro atoms. The number of carbonyl (C=O) groups excluding carboxylic acids is 2. The van der Waals surface area contributed by atoms with E-state index in [1.807, 2.05) is 55.5 Å². The lowest BCUT2D eigenvalue weighted by Gasteiger charge is -2.18. The summed E-state index contributed by atoms with van der Waals surface area (Å²) in [6.07, 6.45) is 34.4. The number of rotatable bonds is 30. The molecule has 0 rings (SSSR count). The van der Waals surface area contributed by atoms with E-state index in [0.717, 1.165) is 38.5 Å². The summed E-state index contributed by atoms with van der Waals surface area (Å²) in [5, 5.41) is 9.72. The fourth-order valence-corrected chi connectivity index (χ4v) is 4.67. The lowest BCUT2D eigenvalue weighted by atomic mass is 10.1. The van der Waals surface area contributed by atoms with Crippen LogP contribution in [0.1, 0.15) is 129 Å². The third kappa shape index (κ3) is 33.1. The SMILES string of the molecule is CC/C=C\C(O)C/C=C/C=C\C/C=C\C/C=C\CCCC(=O)O[C@H](COC(=O)CCCCCCCCCCCC)COP(=O)(O)O. The summed E-state index contributed by atoms with van der Waals surface area (Å²) in [4.78, 5) is 42.5. The Bertz CT molecular complexity index is 949. The number of carbonyl (C=O) groups is 2. The normalized spacial score (nSPS) is 13.9. The fourth-order valence-electron chi connectivity index (χ4n) is 4.31. The van der Waals surface area contributed by atoms with Gasteiger partial charge in [-0.15, -0.1) is 0 Å². The molecule has 0 saturated heterocycles. The zero-order valence-corrected chi connectivity index (χ0v) is 29.2. The number of phosphoric acid groups is 1. The quantitative estimate of drug-likeness (QED) is 0.0225. The van der Waals surface area contributed by atoms with Crippen LogP contribution in [0.3, 0.4) is 0 Å². The van der Waals surface area contributed by atoms with Gasteiger partial charge in [0.2, 0.25) is 0 Å². The van der Waals surface area contributed by atoms with Crippen molar-refractivity contribution in [1.29, 1.82) is 0 Å². The van der Waals surface area contributed by atoms with E-state index in [-0.39, 0.29) is 19.4 Å². The molecule has 0 bridgehead atoms. The van der Waals surface area contributed by atoms with Crippen LogP contribution in [-0.2, 0) is 28.2 Å². The Labute approximate surface area is 278 Å². The van der Waals surface area contributed by atoms with E-state index >= 15 is 0 Å². The van der Waals surface area contributed by atoms with Crippen molar-refractivity contribution in [3.8, 4) is 0 Å². The zero-order chi connectivity index (χ0) is 34.1. The van der Waals surface area contributed by atoms with Crippen LogP contribution in [0.15, 0.2) is 60.8 Å². The van der Waals surface area contributed by atoms with E-state index in [1.165, 1.54) is 38.5 Å². The minimum absolute atomic E-state index is 0.114. The molecule has 1 unspecified atom stereocenters. The molecule has 0 radical (unpaired) electrons. The predicted molar refractivity (Wildman–Crippen MR) is 185 cm³/mol. The van der Waals surface area contributed by atoms with E-state index < -0.39 is 38.6 Å². The van der Waals surface area contributed by atoms with Gasteiger partial charge in [0.25, 0.3) is 0 Å². The van der Waals surface area contributed by atoms with Crippen LogP contribution in [0.5, 0.6) is 0 Å². The number of unbranched alkanes of at least 4 members (excludes halogenated alkanes) is 10. The maximum Gasteiger partial charge on any atom is 0.469 e. The van der Waals surface area contributed by atoms with Crippen LogP contribution in [0.25, 0.3) is 0 Å². The largest absolute Gasteiger partial charge is 0.469 e. The Morgan fingerprint density at radius 3 is 1.93 bits per heavy atom. The van der Waals surface area contributed by atoms with Gasteiger partial charge in [-0.05, 0) is 44.9 Å². The standard InChI is InChI=1S/C36H61O9P/c1-3-5-7-8-9-10-16-19-22-25-29-35(38)43-31-34(32-44-46(40,41)42)45-36(39)30-26-23-20-17-14-12-11-13-15-18-21-24-28-33(37)27-6-4-2/h6,11-12,15,17-18,20-21,24,27,33-34,37H,3-5,7-10,13-14,16,19,22-23,25-26,28-32H2,1-2H3,(H2,40,41,42)/b12-11-,18-15-,20-17-,24-21+,27-6-/t33?,34-/m1/s1. The highest BCUT2D eigenvalue weighted by Gasteiger charge is 2.22. The first-order valence-electron chi connectivity index (χ1n) is 17.2. The molecule has 0 heterocycles. The maximum absolute atomic E-state index is 12.3. The third-order valence-electron chi connectivity index (χ3n) is 6.88. The van der Waals surface area contributed by atoms with E-state index in [0.29, 0.717) is 25.7 Å². The molecule has 2 atom stereocenters. The van der Waals surface area contributed by atoms with Crippen LogP contribution in [0, 0.1) is 0 Å². The molecule has 46 heavy (non-hydrogen) atoms. The van der Waals surface area contributed by atoms with Crippen LogP contribution in [-0.4, -0.2) is 52.3 Å². The second-order valence-corrected chi connectivity index (χ2v) is 12.6. The number of phosphoric ester groups is 1. The predicted octanol–water partition coefficient (Wildman–Crippen LogP) is 8.75. The average Bonchev–Trinajstić information content (AvgIpc) is 3.01. The van der Waals surface area contributed by atoms with E-state index in [1.54, 1.807) is 0 Å². The number of aliphatic hydroxyl groups excluding tert-OH is 1. The van der Waals surface area contributed by atoms with Crippen molar-refractivity contribution in [1.82, 2.24) is 0 Å². The van der Waals surface area contributed by atoms with Crippen LogP contribution < -0.4 is 0 Å². The van der Waals surface area contributed by atoms with Crippen molar-refractivity contribution in [2.24, 2.45) is 0 Å². The van der Waals surface area contributed by atoms with Gasteiger partial charge in [-0.25, -0.2) is 4.57 Å². The Morgan fingerprint density at radius 2 is 1.28 bits per heavy atom. The summed E-state index contributed by atoms with van der Waals surface area (Å²) in [6.45, 7) is 3.35. The highest BCUT2D eigenvalue weighted by atomic mass is 31.2. The lowest BCUT2D eigenvalue weighted by molar-refractivity contribution is -0.161. The van der Waals surface area contributed by atoms with Gasteiger partial charge < -0.3 is 24.4 Å². The second-order valence-electron chi connectivity index (χ2n) is 11.3. The molecule has 0 amide bonds. The van der Waals surface area contributed by atoms with Crippen LogP contribution in [0.4, 0.5) is 0 Å². The number of hydrogen-bond acceptors (Lipinski definition) is 7. The molecule has 0 fully saturated rings. The van der Waals surface area contributed by atoms with Crippen LogP contribution >= 0.6 is 7.82 Å². The Kier molecular flexibility index (Phi) is 29.8. The molecule has 0 aromatic heterocycles. The minimum Gasteiger partial charge on any atom is -0.462 e. The van der Waals surface area contributed by atoms with Gasteiger partial charge in [0.15, 0.2) is 6.10 Å². The number of aliphatic hydroxyl groups is 1. The summed E-state index contributed by atoms with van der Waals surface area (Å²) < 4.78 is 26.1. The van der Waals surface area contributed by atoms with Gasteiger partial charge in [0.1, 0.15) is 6.61 Å². The molecule has 0 aliphatic rings. The number of esters is 2. The summed E-state index contributed by atoms with van der Waals surface area (Å²) in [5.74, 6) is -0.985. The molecule has 3 N–H and O–H groups in total. The van der Waals surface area contributed by atoms with E-state index in [9.17, 15) is 19.3 Å². The molecule has 264 valence electrons. The smallest absolute Gasteiger partial charge is 0.462 e. The first-order valence-corrected chi connectivity index (χ1v) is 18.7. The molecule has 10 heteroatoms. The first-order chi connectivity index (χ1) is 22.2. The molecule has 0 aromatic carbocycles. The van der Waals surface area contributed by atoms with Gasteiger partial charge in [-0.2, -0.15) is 0 Å². The fraction of sp³-hybridized carbons (Fsp3) is 0.667. The molecule has 0 saturated carbocycles. The summed E-state index contributed by atoms with van der Waals surface area (Å²) in [5.41, 5.74) is 0. The second kappa shape index (κ2) is 31.3. The molecule has 9 nitrogen and oxygen atoms in total. The molecule has 0 aromatic rings. The van der Waals surface area contributed by atoms with Gasteiger partial charge in [0, 0.05) is 12.8 Å². The van der Waals surface area contributed by atoms with Gasteiger partial charge in [-0.3, -0.25) is 14.1 Å². The third-order valence-corrected chi connectivity index (χ3v) is 7.36. The Hall–Kier alpha value is -2.29. The molecule has 0 aliphatic heterocycles. The maximum atomic E-state index is 12.3. The minimum atomic E-state index is -4.77. The van der Waals surface area contributed by atoms with Gasteiger partial charge in [0.05, 0.1) is 12.7 Å². The van der Waals surface area contributed by atoms with Crippen molar-refractivity contribution >= 4 is 19.8 Å². The average molecular weight is 669 g/mol. The highest BCUT2D eigenvalue weighted by Crippen LogP contribution is 2.35. The lowest BCUT2D eigenvalue weighted by Crippen LogP contribution is -2.29. The van der Waals surface area contributed by atoms with Crippen molar-refractivity contribution in [2.45, 2.75) is 142 Å². The van der Waals surface area contributed by atoms with Gasteiger partial charge >= 0.3 is 19.8 Å². The highest BCUT2D eigenvalue weighted by molar-refractivity contribution is 7.46. The van der Waals surface area contributed by atoms with Crippen molar-refractivity contribution in [2.75, 3.05) is 13.2 Å². The Morgan fingerprint density at radius 1 is 0.696 bits per heavy atom. The topological polar surface area (TPSA) is 140 Å². The van der Waals surface area contributed by atoms with E-state index in [4.69, 9.17) is 19.3 Å². The first kappa shape index (κ1) is 43.7. The van der Waals surface area contributed by atoms with Crippen molar-refractivity contribution in [3.63, 3.8) is 0 Å². The van der Waals surface area contributed by atoms with Gasteiger partial charge in [-0.1, -0.05) is 132 Å². The van der Waals surface area contributed by atoms with E-state index in [2.05, 4.69) is 23.6 Å². The monoisotopic (exact) mass is 668 g/mol. The molecular weight excluding hydrogens is 607 g/mol. The molecule has 0 aliphatic carbocycles.